The molecule has 1 atom stereocenters. The summed E-state index contributed by atoms with van der Waals surface area (Å²) in [5.41, 5.74) is 4.46. The zero-order valence-corrected chi connectivity index (χ0v) is 14.0. The largest absolute Gasteiger partial charge is 0.496 e. The highest BCUT2D eigenvalue weighted by molar-refractivity contribution is 5.73. The van der Waals surface area contributed by atoms with Crippen molar-refractivity contribution in [3.05, 3.63) is 53.6 Å². The average Bonchev–Trinajstić information content (AvgIpc) is 2.54. The van der Waals surface area contributed by atoms with E-state index in [9.17, 15) is 4.79 Å². The van der Waals surface area contributed by atoms with Gasteiger partial charge >= 0.3 is 5.97 Å². The first-order valence-corrected chi connectivity index (χ1v) is 7.60. The summed E-state index contributed by atoms with van der Waals surface area (Å²) in [4.78, 5) is 12.9. The maximum absolute atomic E-state index is 11.1. The van der Waals surface area contributed by atoms with Crippen LogP contribution in [0.15, 0.2) is 42.5 Å². The highest BCUT2D eigenvalue weighted by Crippen LogP contribution is 2.29. The van der Waals surface area contributed by atoms with Crippen molar-refractivity contribution < 1.29 is 14.6 Å². The first-order valence-electron chi connectivity index (χ1n) is 7.60. The lowest BCUT2D eigenvalue weighted by atomic mass is 9.98. The molecule has 0 saturated carbocycles. The number of nitrogens with zero attached hydrogens (tertiary/aromatic N) is 1. The molecule has 2 aromatic carbocycles. The van der Waals surface area contributed by atoms with Crippen LogP contribution in [0.3, 0.4) is 0 Å². The number of carbonyl (C=O) groups is 1. The van der Waals surface area contributed by atoms with Gasteiger partial charge in [0.2, 0.25) is 0 Å². The smallest absolute Gasteiger partial charge is 0.320 e. The number of aryl methyl sites for hydroxylation is 1. The van der Waals surface area contributed by atoms with Gasteiger partial charge in [-0.1, -0.05) is 30.3 Å². The van der Waals surface area contributed by atoms with Gasteiger partial charge < -0.3 is 9.84 Å². The molecule has 4 heteroatoms. The molecule has 0 aliphatic carbocycles. The number of rotatable bonds is 6. The second kappa shape index (κ2) is 7.29. The summed E-state index contributed by atoms with van der Waals surface area (Å²) in [6, 6.07) is 13.7. The van der Waals surface area contributed by atoms with E-state index in [0.717, 1.165) is 16.9 Å². The molecule has 2 rings (SSSR count). The zero-order valence-electron chi connectivity index (χ0n) is 14.0. The molecule has 0 radical (unpaired) electrons. The molecule has 0 aliphatic rings. The monoisotopic (exact) mass is 313 g/mol. The molecule has 122 valence electrons. The third kappa shape index (κ3) is 3.90. The summed E-state index contributed by atoms with van der Waals surface area (Å²) in [7, 11) is 3.44. The maximum Gasteiger partial charge on any atom is 0.320 e. The number of hydrogen-bond donors (Lipinski definition) is 1. The summed E-state index contributed by atoms with van der Waals surface area (Å²) in [6.45, 7) is 4.27. The minimum absolute atomic E-state index is 0.510. The summed E-state index contributed by atoms with van der Waals surface area (Å²) in [5, 5.41) is 9.15. The van der Waals surface area contributed by atoms with Crippen molar-refractivity contribution in [3.63, 3.8) is 0 Å². The van der Waals surface area contributed by atoms with Crippen LogP contribution < -0.4 is 4.74 Å². The Labute approximate surface area is 137 Å². The molecule has 1 N–H and O–H groups in total. The van der Waals surface area contributed by atoms with E-state index in [1.165, 1.54) is 11.1 Å². The van der Waals surface area contributed by atoms with Crippen LogP contribution in [-0.4, -0.2) is 36.2 Å². The number of aliphatic carboxylic acids is 1. The van der Waals surface area contributed by atoms with E-state index in [-0.39, 0.29) is 0 Å². The molecule has 23 heavy (non-hydrogen) atoms. The summed E-state index contributed by atoms with van der Waals surface area (Å²) >= 11 is 0. The van der Waals surface area contributed by atoms with Crippen molar-refractivity contribution >= 4 is 5.97 Å². The Hall–Kier alpha value is -2.33. The van der Waals surface area contributed by atoms with Crippen LogP contribution in [0.5, 0.6) is 5.75 Å². The predicted octanol–water partition coefficient (Wildman–Crippen LogP) is 3.58. The molecule has 0 amide bonds. The van der Waals surface area contributed by atoms with Crippen molar-refractivity contribution in [1.29, 1.82) is 0 Å². The Morgan fingerprint density at radius 3 is 2.57 bits per heavy atom. The molecule has 0 aromatic heterocycles. The molecule has 0 bridgehead atoms. The number of methoxy groups -OCH3 is 1. The van der Waals surface area contributed by atoms with Crippen LogP contribution in [0.1, 0.15) is 18.1 Å². The summed E-state index contributed by atoms with van der Waals surface area (Å²) < 4.78 is 5.43. The normalized spacial score (nSPS) is 12.2. The number of carboxylic acids is 1. The Balaban J connectivity index is 2.37. The quantitative estimate of drug-likeness (QED) is 0.885. The van der Waals surface area contributed by atoms with Crippen molar-refractivity contribution in [2.24, 2.45) is 0 Å². The lowest BCUT2D eigenvalue weighted by molar-refractivity contribution is -0.142. The van der Waals surface area contributed by atoms with E-state index < -0.39 is 12.0 Å². The van der Waals surface area contributed by atoms with Gasteiger partial charge in [0, 0.05) is 12.1 Å². The van der Waals surface area contributed by atoms with Gasteiger partial charge in [0.25, 0.3) is 0 Å². The molecule has 1 unspecified atom stereocenters. The zero-order chi connectivity index (χ0) is 17.0. The first kappa shape index (κ1) is 17.0. The lowest BCUT2D eigenvalue weighted by Gasteiger charge is -2.22. The van der Waals surface area contributed by atoms with Gasteiger partial charge in [-0.3, -0.25) is 9.69 Å². The second-order valence-electron chi connectivity index (χ2n) is 5.77. The molecule has 0 heterocycles. The summed E-state index contributed by atoms with van der Waals surface area (Å²) in [6.07, 6.45) is 0. The number of hydrogen-bond acceptors (Lipinski definition) is 3. The third-order valence-corrected chi connectivity index (χ3v) is 4.17. The van der Waals surface area contributed by atoms with Gasteiger partial charge in [-0.2, -0.15) is 0 Å². The van der Waals surface area contributed by atoms with Crippen LogP contribution in [0, 0.1) is 6.92 Å². The van der Waals surface area contributed by atoms with E-state index in [1.807, 2.05) is 24.3 Å². The average molecular weight is 313 g/mol. The number of ether oxygens (including phenoxy) is 1. The highest BCUT2D eigenvalue weighted by Gasteiger charge is 2.18. The van der Waals surface area contributed by atoms with Gasteiger partial charge in [0.15, 0.2) is 0 Å². The number of likely N-dealkylation sites (N-methyl/N-ethyl adjacent to an activating group) is 1. The fraction of sp³-hybridized carbons (Fsp3) is 0.316. The number of carboxylic acid groups (broad SMARTS) is 1. The Bertz CT molecular complexity index is 697. The van der Waals surface area contributed by atoms with Crippen molar-refractivity contribution in [1.82, 2.24) is 4.90 Å². The Morgan fingerprint density at radius 1 is 1.26 bits per heavy atom. The van der Waals surface area contributed by atoms with Gasteiger partial charge in [-0.15, -0.1) is 0 Å². The highest BCUT2D eigenvalue weighted by atomic mass is 16.5. The minimum atomic E-state index is -0.832. The topological polar surface area (TPSA) is 49.8 Å². The lowest BCUT2D eigenvalue weighted by Crippen LogP contribution is -2.35. The molecule has 0 aliphatic heterocycles. The van der Waals surface area contributed by atoms with Crippen LogP contribution in [-0.2, 0) is 11.3 Å². The summed E-state index contributed by atoms with van der Waals surface area (Å²) in [5.74, 6) is -0.0618. The van der Waals surface area contributed by atoms with Crippen LogP contribution >= 0.6 is 0 Å². The molecule has 2 aromatic rings. The van der Waals surface area contributed by atoms with Crippen LogP contribution in [0.4, 0.5) is 0 Å². The standard InChI is InChI=1S/C19H23NO3/c1-13-7-5-6-8-17(13)15-9-10-18(23-4)16(11-15)12-20(3)14(2)19(21)22/h5-11,14H,12H2,1-4H3,(H,21,22). The SMILES string of the molecule is COc1ccc(-c2ccccc2C)cc1CN(C)C(C)C(=O)O. The third-order valence-electron chi connectivity index (χ3n) is 4.17. The molecule has 0 fully saturated rings. The van der Waals surface area contributed by atoms with E-state index >= 15 is 0 Å². The van der Waals surface area contributed by atoms with Gasteiger partial charge in [0.05, 0.1) is 7.11 Å². The van der Waals surface area contributed by atoms with E-state index in [4.69, 9.17) is 9.84 Å². The van der Waals surface area contributed by atoms with Gasteiger partial charge in [0.1, 0.15) is 11.8 Å². The number of benzene rings is 2. The van der Waals surface area contributed by atoms with E-state index in [2.05, 4.69) is 25.1 Å². The molecular weight excluding hydrogens is 290 g/mol. The molecule has 0 spiro atoms. The Kier molecular flexibility index (Phi) is 5.40. The van der Waals surface area contributed by atoms with Crippen molar-refractivity contribution in [2.45, 2.75) is 26.4 Å². The molecule has 0 saturated heterocycles. The van der Waals surface area contributed by atoms with Crippen LogP contribution in [0.2, 0.25) is 0 Å². The predicted molar refractivity (Wildman–Crippen MR) is 91.7 cm³/mol. The van der Waals surface area contributed by atoms with Crippen molar-refractivity contribution in [2.75, 3.05) is 14.2 Å². The van der Waals surface area contributed by atoms with Gasteiger partial charge in [-0.25, -0.2) is 0 Å². The minimum Gasteiger partial charge on any atom is -0.496 e. The first-order chi connectivity index (χ1) is 10.9. The molecular formula is C19H23NO3. The van der Waals surface area contributed by atoms with Gasteiger partial charge in [-0.05, 0) is 49.7 Å². The maximum atomic E-state index is 11.1. The van der Waals surface area contributed by atoms with E-state index in [0.29, 0.717) is 6.54 Å². The Morgan fingerprint density at radius 2 is 1.96 bits per heavy atom. The van der Waals surface area contributed by atoms with E-state index in [1.54, 1.807) is 26.0 Å². The fourth-order valence-corrected chi connectivity index (χ4v) is 2.56. The van der Waals surface area contributed by atoms with Crippen molar-refractivity contribution in [3.8, 4) is 16.9 Å². The van der Waals surface area contributed by atoms with Crippen LogP contribution in [0.25, 0.3) is 11.1 Å². The second-order valence-corrected chi connectivity index (χ2v) is 5.77. The molecule has 4 nitrogen and oxygen atoms in total. The fourth-order valence-electron chi connectivity index (χ4n) is 2.56.